The summed E-state index contributed by atoms with van der Waals surface area (Å²) in [5.41, 5.74) is 11.6. The lowest BCUT2D eigenvalue weighted by Gasteiger charge is -2.21. The molecule has 1 aromatic heterocycles. The number of aliphatic imine (C=N–C) groups is 1. The fourth-order valence-corrected chi connectivity index (χ4v) is 2.77. The van der Waals surface area contributed by atoms with Crippen molar-refractivity contribution in [3.63, 3.8) is 0 Å². The first kappa shape index (κ1) is 16.1. The van der Waals surface area contributed by atoms with E-state index in [9.17, 15) is 0 Å². The van der Waals surface area contributed by atoms with Crippen LogP contribution < -0.4 is 11.1 Å². The molecule has 0 aliphatic heterocycles. The third-order valence-corrected chi connectivity index (χ3v) is 3.96. The van der Waals surface area contributed by atoms with Crippen LogP contribution in [0, 0.1) is 0 Å². The number of ether oxygens (including phenoxy) is 1. The molecule has 0 radical (unpaired) electrons. The highest BCUT2D eigenvalue weighted by atomic mass is 16.5. The van der Waals surface area contributed by atoms with Crippen LogP contribution in [0.4, 0.5) is 11.6 Å². The fraction of sp³-hybridized carbons (Fsp3) is 0.278. The van der Waals surface area contributed by atoms with Gasteiger partial charge in [-0.2, -0.15) is 0 Å². The maximum absolute atomic E-state index is 6.27. The van der Waals surface area contributed by atoms with Gasteiger partial charge >= 0.3 is 0 Å². The zero-order valence-corrected chi connectivity index (χ0v) is 13.9. The first-order valence-corrected chi connectivity index (χ1v) is 7.85. The van der Waals surface area contributed by atoms with Crippen molar-refractivity contribution in [3.05, 3.63) is 53.5 Å². The quantitative estimate of drug-likeness (QED) is 0.826. The van der Waals surface area contributed by atoms with Crippen LogP contribution in [0.15, 0.2) is 47.2 Å². The normalized spacial score (nSPS) is 14.5. The number of para-hydroxylation sites is 1. The summed E-state index contributed by atoms with van der Waals surface area (Å²) in [5.74, 6) is 0.542. The maximum atomic E-state index is 6.27. The number of rotatable bonds is 5. The Morgan fingerprint density at radius 3 is 2.79 bits per heavy atom. The number of nitrogens with zero attached hydrogens (tertiary/aromatic N) is 3. The van der Waals surface area contributed by atoms with Crippen LogP contribution in [-0.4, -0.2) is 36.4 Å². The number of hydrogen-bond donors (Lipinski definition) is 2. The summed E-state index contributed by atoms with van der Waals surface area (Å²) in [6.45, 7) is 0.400. The van der Waals surface area contributed by atoms with Crippen LogP contribution in [0.1, 0.15) is 17.7 Å². The summed E-state index contributed by atoms with van der Waals surface area (Å²) in [4.78, 5) is 13.5. The molecule has 0 spiro atoms. The molecule has 0 saturated heterocycles. The summed E-state index contributed by atoms with van der Waals surface area (Å²) in [7, 11) is 3.39. The molecule has 0 unspecified atom stereocenters. The van der Waals surface area contributed by atoms with Crippen molar-refractivity contribution in [2.75, 3.05) is 26.1 Å². The summed E-state index contributed by atoms with van der Waals surface area (Å²) < 4.78 is 5.26. The third kappa shape index (κ3) is 3.28. The van der Waals surface area contributed by atoms with E-state index in [0.29, 0.717) is 12.6 Å². The summed E-state index contributed by atoms with van der Waals surface area (Å²) in [5, 5.41) is 3.22. The lowest BCUT2D eigenvalue weighted by Crippen LogP contribution is -2.21. The zero-order valence-electron chi connectivity index (χ0n) is 13.9. The summed E-state index contributed by atoms with van der Waals surface area (Å²) >= 11 is 0. The molecule has 0 saturated carbocycles. The minimum atomic E-state index is 0.400. The smallest absolute Gasteiger partial charge is 0.227 e. The first-order chi connectivity index (χ1) is 11.7. The number of nitrogens with two attached hydrogens (primary N) is 1. The van der Waals surface area contributed by atoms with Crippen LogP contribution in [0.3, 0.4) is 0 Å². The van der Waals surface area contributed by atoms with E-state index in [1.54, 1.807) is 14.2 Å². The summed E-state index contributed by atoms with van der Waals surface area (Å²) in [6.07, 6.45) is 3.47. The molecule has 0 bridgehead atoms. The van der Waals surface area contributed by atoms with Crippen molar-refractivity contribution in [1.82, 2.24) is 9.97 Å². The van der Waals surface area contributed by atoms with E-state index in [-0.39, 0.29) is 0 Å². The van der Waals surface area contributed by atoms with Crippen molar-refractivity contribution in [3.8, 4) is 0 Å². The van der Waals surface area contributed by atoms with Crippen LogP contribution in [0.25, 0.3) is 5.57 Å². The second-order valence-electron chi connectivity index (χ2n) is 5.56. The van der Waals surface area contributed by atoms with Gasteiger partial charge in [0.2, 0.25) is 5.95 Å². The second-order valence-corrected chi connectivity index (χ2v) is 5.56. The Hall–Kier alpha value is -2.73. The molecule has 2 aromatic rings. The monoisotopic (exact) mass is 323 g/mol. The molecule has 1 aromatic carbocycles. The van der Waals surface area contributed by atoms with E-state index >= 15 is 0 Å². The highest BCUT2D eigenvalue weighted by Gasteiger charge is 2.23. The molecule has 0 amide bonds. The van der Waals surface area contributed by atoms with Gasteiger partial charge in [0.05, 0.1) is 18.0 Å². The molecule has 124 valence electrons. The Balaban J connectivity index is 1.99. The predicted molar refractivity (Wildman–Crippen MR) is 96.4 cm³/mol. The zero-order chi connectivity index (χ0) is 16.9. The average Bonchev–Trinajstić information content (AvgIpc) is 2.61. The predicted octanol–water partition coefficient (Wildman–Crippen LogP) is 2.55. The Kier molecular flexibility index (Phi) is 4.86. The van der Waals surface area contributed by atoms with Gasteiger partial charge in [-0.1, -0.05) is 18.2 Å². The molecule has 0 atom stereocenters. The Labute approximate surface area is 141 Å². The number of aromatic nitrogens is 2. The van der Waals surface area contributed by atoms with Gasteiger partial charge in [-0.25, -0.2) is 9.97 Å². The van der Waals surface area contributed by atoms with E-state index in [1.165, 1.54) is 0 Å². The number of benzene rings is 1. The molecule has 1 heterocycles. The van der Waals surface area contributed by atoms with Crippen LogP contribution in [-0.2, 0) is 11.2 Å². The van der Waals surface area contributed by atoms with Crippen molar-refractivity contribution in [2.45, 2.75) is 12.8 Å². The van der Waals surface area contributed by atoms with Crippen LogP contribution in [0.2, 0.25) is 0 Å². The third-order valence-electron chi connectivity index (χ3n) is 3.96. The minimum absolute atomic E-state index is 0.400. The highest BCUT2D eigenvalue weighted by Crippen LogP contribution is 2.29. The van der Waals surface area contributed by atoms with Crippen LogP contribution >= 0.6 is 0 Å². The Morgan fingerprint density at radius 1 is 1.29 bits per heavy atom. The van der Waals surface area contributed by atoms with Gasteiger partial charge in [0.15, 0.2) is 0 Å². The number of allylic oxidation sites excluding steroid dienone is 1. The lowest BCUT2D eigenvalue weighted by molar-refractivity contribution is 0.246. The van der Waals surface area contributed by atoms with Crippen molar-refractivity contribution in [2.24, 2.45) is 10.7 Å². The maximum Gasteiger partial charge on any atom is 0.227 e. The number of anilines is 2. The molecule has 3 N–H and O–H groups in total. The molecule has 1 aliphatic carbocycles. The van der Waals surface area contributed by atoms with Gasteiger partial charge in [0.1, 0.15) is 0 Å². The van der Waals surface area contributed by atoms with E-state index in [2.05, 4.69) is 15.3 Å². The molecule has 1 aliphatic rings. The molecule has 6 nitrogen and oxygen atoms in total. The van der Waals surface area contributed by atoms with Gasteiger partial charge < -0.3 is 15.8 Å². The highest BCUT2D eigenvalue weighted by molar-refractivity contribution is 6.25. The number of fused-ring (bicyclic) bond motifs is 1. The van der Waals surface area contributed by atoms with Crippen molar-refractivity contribution in [1.29, 1.82) is 0 Å². The van der Waals surface area contributed by atoms with E-state index in [4.69, 9.17) is 15.5 Å². The molecular weight excluding hydrogens is 302 g/mol. The first-order valence-electron chi connectivity index (χ1n) is 7.85. The van der Waals surface area contributed by atoms with Gasteiger partial charge in [-0.15, -0.1) is 0 Å². The van der Waals surface area contributed by atoms with Gasteiger partial charge in [0, 0.05) is 37.3 Å². The fourth-order valence-electron chi connectivity index (χ4n) is 2.77. The standard InChI is InChI=1S/C18H21N5O/c1-20-15(11-24-2)16-14(19)9-8-12-10-21-18(23-17(12)16)22-13-6-4-3-5-7-13/h3-7,10H,8-9,11,19H2,1-2H3,(H,21,22,23). The lowest BCUT2D eigenvalue weighted by atomic mass is 9.91. The SMILES string of the molecule is CN=C(COC)C1=C(N)CCc2cnc(Nc3ccccc3)nc21. The van der Waals surface area contributed by atoms with Crippen LogP contribution in [0.5, 0.6) is 0 Å². The molecule has 6 heteroatoms. The number of hydrogen-bond acceptors (Lipinski definition) is 6. The molecule has 24 heavy (non-hydrogen) atoms. The minimum Gasteiger partial charge on any atom is -0.401 e. The molecule has 3 rings (SSSR count). The van der Waals surface area contributed by atoms with Gasteiger partial charge in [0.25, 0.3) is 0 Å². The average molecular weight is 323 g/mol. The number of nitrogens with one attached hydrogen (secondary N) is 1. The topological polar surface area (TPSA) is 85.4 Å². The van der Waals surface area contributed by atoms with E-state index < -0.39 is 0 Å². The van der Waals surface area contributed by atoms with E-state index in [0.717, 1.165) is 46.8 Å². The molecule has 0 fully saturated rings. The van der Waals surface area contributed by atoms with Crippen molar-refractivity contribution >= 4 is 22.9 Å². The van der Waals surface area contributed by atoms with Gasteiger partial charge in [-0.05, 0) is 30.5 Å². The van der Waals surface area contributed by atoms with E-state index in [1.807, 2.05) is 36.5 Å². The summed E-state index contributed by atoms with van der Waals surface area (Å²) in [6, 6.07) is 9.83. The number of aryl methyl sites for hydroxylation is 1. The van der Waals surface area contributed by atoms with Crippen molar-refractivity contribution < 1.29 is 4.74 Å². The largest absolute Gasteiger partial charge is 0.401 e. The Morgan fingerprint density at radius 2 is 2.08 bits per heavy atom. The number of methoxy groups -OCH3 is 1. The Bertz CT molecular complexity index is 783. The second kappa shape index (κ2) is 7.23. The van der Waals surface area contributed by atoms with Gasteiger partial charge in [-0.3, -0.25) is 4.99 Å². The molecular formula is C18H21N5O.